The lowest BCUT2D eigenvalue weighted by Crippen LogP contribution is -2.48. The Hall–Kier alpha value is -4.28. The maximum absolute atomic E-state index is 13.1. The fraction of sp³-hybridized carbons (Fsp3) is 0.258. The molecule has 8 heteroatoms. The van der Waals surface area contributed by atoms with Gasteiger partial charge in [-0.2, -0.15) is 0 Å². The number of halogens is 1. The molecule has 0 aliphatic carbocycles. The van der Waals surface area contributed by atoms with Gasteiger partial charge < -0.3 is 14.2 Å². The molecule has 1 amide bonds. The Bertz CT molecular complexity index is 1360. The number of ether oxygens (including phenoxy) is 3. The molecule has 1 fully saturated rings. The molecule has 39 heavy (non-hydrogen) atoms. The monoisotopic (exact) mass is 545 g/mol. The SMILES string of the molecule is CC1(C)OC(=O)C([C@@H](C#CCN(Cc2ccccc2)C(=O)OCc2ccccc2)c2ccccc2Cl)C(=O)O1. The van der Waals surface area contributed by atoms with Gasteiger partial charge in [-0.25, -0.2) is 4.79 Å². The van der Waals surface area contributed by atoms with Crippen LogP contribution >= 0.6 is 11.6 Å². The second-order valence-corrected chi connectivity index (χ2v) is 9.83. The zero-order valence-corrected chi connectivity index (χ0v) is 22.4. The lowest BCUT2D eigenvalue weighted by molar-refractivity contribution is -0.240. The third kappa shape index (κ3) is 7.40. The molecule has 0 spiro atoms. The maximum Gasteiger partial charge on any atom is 0.411 e. The van der Waals surface area contributed by atoms with E-state index < -0.39 is 35.7 Å². The smallest absolute Gasteiger partial charge is 0.411 e. The topological polar surface area (TPSA) is 82.1 Å². The van der Waals surface area contributed by atoms with Crippen molar-refractivity contribution in [2.45, 2.75) is 38.7 Å². The molecular formula is C31H28ClNO6. The van der Waals surface area contributed by atoms with Crippen LogP contribution in [0.4, 0.5) is 4.79 Å². The Morgan fingerprint density at radius 2 is 1.49 bits per heavy atom. The van der Waals surface area contributed by atoms with Crippen LogP contribution in [0.2, 0.25) is 5.02 Å². The molecule has 0 N–H and O–H groups in total. The highest BCUT2D eigenvalue weighted by molar-refractivity contribution is 6.31. The van der Waals surface area contributed by atoms with Crippen molar-refractivity contribution in [2.75, 3.05) is 6.54 Å². The second-order valence-electron chi connectivity index (χ2n) is 9.42. The third-order valence-corrected chi connectivity index (χ3v) is 6.33. The van der Waals surface area contributed by atoms with E-state index in [0.717, 1.165) is 11.1 Å². The number of rotatable bonds is 7. The number of nitrogens with zero attached hydrogens (tertiary/aromatic N) is 1. The summed E-state index contributed by atoms with van der Waals surface area (Å²) in [5.41, 5.74) is 2.22. The number of hydrogen-bond acceptors (Lipinski definition) is 6. The standard InChI is InChI=1S/C31H28ClNO6/c1-31(2)38-28(34)27(29(35)39-31)25(24-16-9-10-18-26(24)32)17-11-19-33(20-22-12-5-3-6-13-22)30(36)37-21-23-14-7-4-8-15-23/h3-10,12-16,18,25,27H,19-21H2,1-2H3/t25-/m0/s1. The van der Waals surface area contributed by atoms with Gasteiger partial charge in [-0.05, 0) is 22.8 Å². The van der Waals surface area contributed by atoms with E-state index in [2.05, 4.69) is 11.8 Å². The number of amides is 1. The number of carbonyl (C=O) groups is 3. The van der Waals surface area contributed by atoms with Gasteiger partial charge in [0.1, 0.15) is 6.61 Å². The minimum absolute atomic E-state index is 0.0220. The van der Waals surface area contributed by atoms with Gasteiger partial charge in [0.2, 0.25) is 0 Å². The van der Waals surface area contributed by atoms with Crippen LogP contribution < -0.4 is 0 Å². The van der Waals surface area contributed by atoms with E-state index in [1.165, 1.54) is 18.7 Å². The van der Waals surface area contributed by atoms with Crippen molar-refractivity contribution in [1.82, 2.24) is 4.90 Å². The maximum atomic E-state index is 13.1. The third-order valence-electron chi connectivity index (χ3n) is 5.98. The highest BCUT2D eigenvalue weighted by Crippen LogP contribution is 2.36. The van der Waals surface area contributed by atoms with E-state index in [1.807, 2.05) is 60.7 Å². The number of hydrogen-bond donors (Lipinski definition) is 0. The van der Waals surface area contributed by atoms with Crippen LogP contribution in [0.5, 0.6) is 0 Å². The molecule has 0 radical (unpaired) electrons. The summed E-state index contributed by atoms with van der Waals surface area (Å²) in [4.78, 5) is 40.3. The molecule has 4 rings (SSSR count). The number of cyclic esters (lactones) is 2. The zero-order chi connectivity index (χ0) is 27.8. The number of carbonyl (C=O) groups excluding carboxylic acids is 3. The molecule has 3 aromatic carbocycles. The molecule has 1 saturated heterocycles. The van der Waals surface area contributed by atoms with E-state index in [1.54, 1.807) is 24.3 Å². The predicted octanol–water partition coefficient (Wildman–Crippen LogP) is 5.72. The summed E-state index contributed by atoms with van der Waals surface area (Å²) < 4.78 is 16.2. The fourth-order valence-electron chi connectivity index (χ4n) is 4.12. The number of esters is 2. The molecule has 1 aliphatic rings. The fourth-order valence-corrected chi connectivity index (χ4v) is 4.37. The van der Waals surface area contributed by atoms with Gasteiger partial charge in [-0.3, -0.25) is 14.5 Å². The average Bonchev–Trinajstić information content (AvgIpc) is 2.91. The minimum Gasteiger partial charge on any atom is -0.445 e. The van der Waals surface area contributed by atoms with Crippen LogP contribution in [0.15, 0.2) is 84.9 Å². The molecule has 0 saturated carbocycles. The lowest BCUT2D eigenvalue weighted by Gasteiger charge is -2.34. The summed E-state index contributed by atoms with van der Waals surface area (Å²) in [6.07, 6.45) is -0.551. The Labute approximate surface area is 232 Å². The van der Waals surface area contributed by atoms with Crippen LogP contribution in [0.3, 0.4) is 0 Å². The molecule has 0 unspecified atom stereocenters. The molecule has 200 valence electrons. The van der Waals surface area contributed by atoms with Crippen LogP contribution in [0, 0.1) is 17.8 Å². The van der Waals surface area contributed by atoms with E-state index in [4.69, 9.17) is 25.8 Å². The lowest BCUT2D eigenvalue weighted by atomic mass is 9.85. The molecule has 7 nitrogen and oxygen atoms in total. The van der Waals surface area contributed by atoms with Gasteiger partial charge in [-0.15, -0.1) is 0 Å². The predicted molar refractivity (Wildman–Crippen MR) is 145 cm³/mol. The summed E-state index contributed by atoms with van der Waals surface area (Å²) in [6, 6.07) is 25.6. The normalized spacial score (nSPS) is 15.3. The van der Waals surface area contributed by atoms with Crippen molar-refractivity contribution in [3.8, 4) is 11.8 Å². The molecule has 1 aliphatic heterocycles. The second kappa shape index (κ2) is 12.5. The van der Waals surface area contributed by atoms with E-state index >= 15 is 0 Å². The van der Waals surface area contributed by atoms with Crippen LogP contribution in [0.25, 0.3) is 0 Å². The van der Waals surface area contributed by atoms with Gasteiger partial charge >= 0.3 is 18.0 Å². The van der Waals surface area contributed by atoms with Gasteiger partial charge in [0.05, 0.1) is 12.5 Å². The quantitative estimate of drug-likeness (QED) is 0.215. The number of benzene rings is 3. The summed E-state index contributed by atoms with van der Waals surface area (Å²) >= 11 is 6.43. The molecule has 0 aromatic heterocycles. The first-order chi connectivity index (χ1) is 18.7. The first kappa shape index (κ1) is 27.7. The Morgan fingerprint density at radius 3 is 2.10 bits per heavy atom. The van der Waals surface area contributed by atoms with Crippen molar-refractivity contribution in [3.05, 3.63) is 107 Å². The molecular weight excluding hydrogens is 518 g/mol. The van der Waals surface area contributed by atoms with Crippen molar-refractivity contribution in [1.29, 1.82) is 0 Å². The van der Waals surface area contributed by atoms with Gasteiger partial charge in [-0.1, -0.05) is 102 Å². The highest BCUT2D eigenvalue weighted by Gasteiger charge is 2.47. The van der Waals surface area contributed by atoms with Crippen molar-refractivity contribution < 1.29 is 28.6 Å². The summed E-state index contributed by atoms with van der Waals surface area (Å²) in [6.45, 7) is 3.30. The highest BCUT2D eigenvalue weighted by atomic mass is 35.5. The summed E-state index contributed by atoms with van der Waals surface area (Å²) in [5.74, 6) is 0.800. The Balaban J connectivity index is 1.59. The molecule has 1 heterocycles. The zero-order valence-electron chi connectivity index (χ0n) is 21.6. The Morgan fingerprint density at radius 1 is 0.923 bits per heavy atom. The van der Waals surface area contributed by atoms with Crippen molar-refractivity contribution >= 4 is 29.6 Å². The van der Waals surface area contributed by atoms with Gasteiger partial charge in [0.15, 0.2) is 5.92 Å². The van der Waals surface area contributed by atoms with E-state index in [9.17, 15) is 14.4 Å². The van der Waals surface area contributed by atoms with E-state index in [0.29, 0.717) is 10.6 Å². The van der Waals surface area contributed by atoms with Crippen LogP contribution in [-0.2, 0) is 37.0 Å². The average molecular weight is 546 g/mol. The van der Waals surface area contributed by atoms with Crippen molar-refractivity contribution in [2.24, 2.45) is 5.92 Å². The minimum atomic E-state index is -1.38. The summed E-state index contributed by atoms with van der Waals surface area (Å²) in [7, 11) is 0. The Kier molecular flexibility index (Phi) is 8.90. The van der Waals surface area contributed by atoms with Crippen molar-refractivity contribution in [3.63, 3.8) is 0 Å². The largest absolute Gasteiger partial charge is 0.445 e. The molecule has 3 aromatic rings. The molecule has 1 atom stereocenters. The molecule has 0 bridgehead atoms. The summed E-state index contributed by atoms with van der Waals surface area (Å²) in [5, 5.41) is 0.339. The van der Waals surface area contributed by atoms with Gasteiger partial charge in [0.25, 0.3) is 5.79 Å². The van der Waals surface area contributed by atoms with Crippen LogP contribution in [0.1, 0.15) is 36.5 Å². The van der Waals surface area contributed by atoms with Gasteiger partial charge in [0, 0.05) is 25.4 Å². The first-order valence-corrected chi connectivity index (χ1v) is 12.8. The first-order valence-electron chi connectivity index (χ1n) is 12.4. The van der Waals surface area contributed by atoms with E-state index in [-0.39, 0.29) is 19.7 Å². The van der Waals surface area contributed by atoms with Crippen LogP contribution in [-0.4, -0.2) is 35.3 Å².